The van der Waals surface area contributed by atoms with Gasteiger partial charge in [-0.05, 0) is 31.2 Å². The average Bonchev–Trinajstić information content (AvgIpc) is 3.01. The van der Waals surface area contributed by atoms with Crippen molar-refractivity contribution in [2.24, 2.45) is 5.73 Å². The maximum absolute atomic E-state index is 14.5. The summed E-state index contributed by atoms with van der Waals surface area (Å²) in [4.78, 5) is 12.9. The van der Waals surface area contributed by atoms with Crippen LogP contribution in [0, 0.1) is 5.82 Å². The van der Waals surface area contributed by atoms with Crippen molar-refractivity contribution in [1.82, 2.24) is 0 Å². The van der Waals surface area contributed by atoms with Gasteiger partial charge < -0.3 is 15.2 Å². The quantitative estimate of drug-likeness (QED) is 0.398. The number of rotatable bonds is 6. The number of esters is 1. The van der Waals surface area contributed by atoms with Crippen LogP contribution in [0.15, 0.2) is 41.4 Å². The summed E-state index contributed by atoms with van der Waals surface area (Å²) in [6.45, 7) is 5.65. The molecule has 0 aliphatic heterocycles. The van der Waals surface area contributed by atoms with Crippen molar-refractivity contribution in [1.29, 1.82) is 0 Å². The van der Waals surface area contributed by atoms with Crippen LogP contribution in [0.1, 0.15) is 27.7 Å². The normalized spacial score (nSPS) is 10.9. The molecular weight excluding hydrogens is 464 g/mol. The van der Waals surface area contributed by atoms with Gasteiger partial charge in [-0.15, -0.1) is 20.6 Å². The Morgan fingerprint density at radius 2 is 2.14 bits per heavy atom. The number of ether oxygens (including phenoxy) is 2. The summed E-state index contributed by atoms with van der Waals surface area (Å²) in [5.41, 5.74) is 7.06. The monoisotopic (exact) mass is 481 g/mol. The van der Waals surface area contributed by atoms with E-state index in [1.54, 1.807) is 13.0 Å². The fourth-order valence-corrected chi connectivity index (χ4v) is 5.03. The van der Waals surface area contributed by atoms with Gasteiger partial charge in [0.1, 0.15) is 11.5 Å². The van der Waals surface area contributed by atoms with Gasteiger partial charge in [0.2, 0.25) is 0 Å². The van der Waals surface area contributed by atoms with E-state index in [2.05, 4.69) is 31.7 Å². The first-order valence-electron chi connectivity index (χ1n) is 8.37. The van der Waals surface area contributed by atoms with Crippen LogP contribution in [0.25, 0.3) is 15.8 Å². The molecule has 3 rings (SSSR count). The molecule has 3 aromatic rings. The van der Waals surface area contributed by atoms with E-state index in [0.29, 0.717) is 21.3 Å². The van der Waals surface area contributed by atoms with Gasteiger partial charge in [-0.25, -0.2) is 9.18 Å². The molecule has 146 valence electrons. The molecule has 8 heteroatoms. The average molecular weight is 482 g/mol. The van der Waals surface area contributed by atoms with Crippen LogP contribution in [-0.2, 0) is 11.3 Å². The van der Waals surface area contributed by atoms with Gasteiger partial charge in [-0.1, -0.05) is 28.6 Å². The van der Waals surface area contributed by atoms with E-state index < -0.39 is 11.8 Å². The Kier molecular flexibility index (Phi) is 6.38. The molecule has 0 radical (unpaired) electrons. The highest BCUT2D eigenvalue weighted by Gasteiger charge is 2.22. The van der Waals surface area contributed by atoms with Crippen LogP contribution in [0.4, 0.5) is 4.39 Å². The molecule has 0 saturated carbocycles. The topological polar surface area (TPSA) is 61.5 Å². The highest BCUT2D eigenvalue weighted by Crippen LogP contribution is 2.37. The summed E-state index contributed by atoms with van der Waals surface area (Å²) < 4.78 is 27.3. The molecule has 2 N–H and O–H groups in total. The largest absolute Gasteiger partial charge is 0.485 e. The Hall–Kier alpha value is -1.95. The van der Waals surface area contributed by atoms with Gasteiger partial charge in [0.25, 0.3) is 0 Å². The fourth-order valence-electron chi connectivity index (χ4n) is 2.76. The summed E-state index contributed by atoms with van der Waals surface area (Å²) in [5.74, 6) is -0.892. The van der Waals surface area contributed by atoms with Crippen LogP contribution < -0.4 is 15.8 Å². The van der Waals surface area contributed by atoms with Crippen LogP contribution in [0.3, 0.4) is 0 Å². The van der Waals surface area contributed by atoms with E-state index in [9.17, 15) is 9.18 Å². The van der Waals surface area contributed by atoms with Crippen LogP contribution >= 0.6 is 36.5 Å². The van der Waals surface area contributed by atoms with Crippen molar-refractivity contribution >= 4 is 63.6 Å². The van der Waals surface area contributed by atoms with Gasteiger partial charge in [-0.2, -0.15) is 0 Å². The van der Waals surface area contributed by atoms with E-state index in [4.69, 9.17) is 15.2 Å². The lowest BCUT2D eigenvalue weighted by molar-refractivity contribution is 0.0529. The van der Waals surface area contributed by atoms with Crippen molar-refractivity contribution < 1.29 is 18.7 Å². The second-order valence-corrected chi connectivity index (χ2v) is 8.46. The van der Waals surface area contributed by atoms with Crippen LogP contribution in [0.2, 0.25) is 0 Å². The molecule has 0 aliphatic rings. The number of carbonyl (C=O) groups is 1. The number of thiophene rings is 1. The smallest absolute Gasteiger partial charge is 0.348 e. The molecule has 0 amide bonds. The molecule has 0 aliphatic carbocycles. The highest BCUT2D eigenvalue weighted by molar-refractivity contribution is 9.10. The van der Waals surface area contributed by atoms with Crippen LogP contribution in [0.5, 0.6) is 5.75 Å². The lowest BCUT2D eigenvalue weighted by Crippen LogP contribution is -2.11. The first-order chi connectivity index (χ1) is 13.3. The summed E-state index contributed by atoms with van der Waals surface area (Å²) in [6, 6.07) is 8.65. The Morgan fingerprint density at radius 1 is 1.39 bits per heavy atom. The fraction of sp³-hybridized carbons (Fsp3) is 0.150. The molecule has 28 heavy (non-hydrogen) atoms. The van der Waals surface area contributed by atoms with E-state index >= 15 is 0 Å². The first kappa shape index (κ1) is 20.8. The molecule has 0 fully saturated rings. The highest BCUT2D eigenvalue weighted by atomic mass is 79.9. The van der Waals surface area contributed by atoms with Crippen molar-refractivity contribution in [2.75, 3.05) is 6.61 Å². The standard InChI is InChI=1S/C20H18BrFNO3PS/c1-3-25-20(24)19-12(17-13(21)5-4-6-16(17)28-19)9-26-18-14(22)7-11(10(2)23)8-15(18)27/h4-8H,2-3,9,23,27H2,1H3. The number of benzene rings is 2. The van der Waals surface area contributed by atoms with E-state index in [1.165, 1.54) is 17.4 Å². The molecule has 1 unspecified atom stereocenters. The van der Waals surface area contributed by atoms with Crippen molar-refractivity contribution in [2.45, 2.75) is 13.5 Å². The number of carbonyl (C=O) groups excluding carboxylic acids is 1. The van der Waals surface area contributed by atoms with Gasteiger partial charge in [-0.3, -0.25) is 0 Å². The third-order valence-electron chi connectivity index (χ3n) is 4.03. The number of nitrogens with two attached hydrogens (primary N) is 1. The third-order valence-corrected chi connectivity index (χ3v) is 6.30. The summed E-state index contributed by atoms with van der Waals surface area (Å²) in [5, 5.41) is 1.37. The van der Waals surface area contributed by atoms with Gasteiger partial charge >= 0.3 is 5.97 Å². The van der Waals surface area contributed by atoms with Crippen LogP contribution in [-0.4, -0.2) is 12.6 Å². The molecule has 1 heterocycles. The second kappa shape index (κ2) is 8.60. The Labute approximate surface area is 176 Å². The summed E-state index contributed by atoms with van der Waals surface area (Å²) >= 11 is 4.85. The van der Waals surface area contributed by atoms with Gasteiger partial charge in [0.15, 0.2) is 11.6 Å². The molecule has 0 spiro atoms. The SMILES string of the molecule is C=C(N)c1cc(F)c(OCc2c(C(=O)OCC)sc3cccc(Br)c23)c(P)c1. The molecule has 0 saturated heterocycles. The minimum atomic E-state index is -0.551. The molecule has 1 aromatic heterocycles. The third kappa shape index (κ3) is 4.07. The summed E-state index contributed by atoms with van der Waals surface area (Å²) in [7, 11) is 2.43. The molecular formula is C20H18BrFNO3PS. The number of halogens is 2. The van der Waals surface area contributed by atoms with E-state index in [1.807, 2.05) is 18.2 Å². The zero-order valence-corrected chi connectivity index (χ0v) is 18.6. The molecule has 4 nitrogen and oxygen atoms in total. The lowest BCUT2D eigenvalue weighted by Gasteiger charge is -2.13. The minimum absolute atomic E-state index is 0.0119. The van der Waals surface area contributed by atoms with E-state index in [-0.39, 0.29) is 24.7 Å². The Bertz CT molecular complexity index is 1060. The van der Waals surface area contributed by atoms with Crippen molar-refractivity contribution in [3.63, 3.8) is 0 Å². The molecule has 1 atom stereocenters. The number of hydrogen-bond acceptors (Lipinski definition) is 5. The zero-order valence-electron chi connectivity index (χ0n) is 15.1. The van der Waals surface area contributed by atoms with Gasteiger partial charge in [0.05, 0.1) is 6.61 Å². The second-order valence-electron chi connectivity index (χ2n) is 5.93. The Morgan fingerprint density at radius 3 is 2.79 bits per heavy atom. The number of fused-ring (bicyclic) bond motifs is 1. The van der Waals surface area contributed by atoms with Crippen molar-refractivity contribution in [3.8, 4) is 5.75 Å². The lowest BCUT2D eigenvalue weighted by atomic mass is 10.1. The Balaban J connectivity index is 2.02. The maximum atomic E-state index is 14.5. The summed E-state index contributed by atoms with van der Waals surface area (Å²) in [6.07, 6.45) is 0. The minimum Gasteiger partial charge on any atom is -0.485 e. The predicted octanol–water partition coefficient (Wildman–Crippen LogP) is 4.99. The molecule has 2 aromatic carbocycles. The molecule has 0 bridgehead atoms. The predicted molar refractivity (Wildman–Crippen MR) is 119 cm³/mol. The van der Waals surface area contributed by atoms with E-state index in [0.717, 1.165) is 14.6 Å². The zero-order chi connectivity index (χ0) is 20.4. The van der Waals surface area contributed by atoms with Gasteiger partial charge in [0, 0.05) is 36.7 Å². The maximum Gasteiger partial charge on any atom is 0.348 e. The first-order valence-corrected chi connectivity index (χ1v) is 10.6. The van der Waals surface area contributed by atoms with Crippen molar-refractivity contribution in [3.05, 3.63) is 63.2 Å². The number of hydrogen-bond donors (Lipinski definition) is 1.